The predicted octanol–water partition coefficient (Wildman–Crippen LogP) is 0.951. The smallest absolute Gasteiger partial charge is 0.240 e. The van der Waals surface area contributed by atoms with Gasteiger partial charge in [0.2, 0.25) is 21.8 Å². The van der Waals surface area contributed by atoms with Gasteiger partial charge in [-0.2, -0.15) is 0 Å². The number of nitrogens with one attached hydrogen (secondary N) is 2. The van der Waals surface area contributed by atoms with Crippen LogP contribution < -0.4 is 10.0 Å². The van der Waals surface area contributed by atoms with E-state index < -0.39 is 10.0 Å². The van der Waals surface area contributed by atoms with E-state index in [-0.39, 0.29) is 35.9 Å². The van der Waals surface area contributed by atoms with Crippen LogP contribution in [0.1, 0.15) is 26.7 Å². The number of rotatable bonds is 8. The highest BCUT2D eigenvalue weighted by Gasteiger charge is 2.21. The van der Waals surface area contributed by atoms with Crippen molar-refractivity contribution in [3.8, 4) is 0 Å². The van der Waals surface area contributed by atoms with Gasteiger partial charge in [-0.05, 0) is 37.1 Å². The van der Waals surface area contributed by atoms with Crippen LogP contribution >= 0.6 is 0 Å². The third kappa shape index (κ3) is 6.08. The molecule has 0 saturated carbocycles. The molecule has 1 aliphatic heterocycles. The highest BCUT2D eigenvalue weighted by Crippen LogP contribution is 2.15. The number of sulfonamides is 1. The van der Waals surface area contributed by atoms with Crippen LogP contribution in [0.3, 0.4) is 0 Å². The van der Waals surface area contributed by atoms with E-state index in [1.807, 2.05) is 0 Å². The molecular formula is C17H25N3O5S. The van der Waals surface area contributed by atoms with Gasteiger partial charge in [-0.3, -0.25) is 9.59 Å². The number of carbonyl (C=O) groups excluding carboxylic acids is 2. The highest BCUT2D eigenvalue weighted by molar-refractivity contribution is 7.89. The zero-order chi connectivity index (χ0) is 19.2. The van der Waals surface area contributed by atoms with Crippen LogP contribution in [0.25, 0.3) is 0 Å². The van der Waals surface area contributed by atoms with Crippen molar-refractivity contribution in [1.82, 2.24) is 9.62 Å². The summed E-state index contributed by atoms with van der Waals surface area (Å²) in [4.78, 5) is 24.4. The van der Waals surface area contributed by atoms with Crippen molar-refractivity contribution in [2.24, 2.45) is 0 Å². The first-order valence-corrected chi connectivity index (χ1v) is 10.0. The van der Waals surface area contributed by atoms with E-state index in [1.54, 1.807) is 4.90 Å². The maximum Gasteiger partial charge on any atom is 0.240 e. The van der Waals surface area contributed by atoms with Crippen LogP contribution in [0.4, 0.5) is 5.69 Å². The normalized spacial score (nSPS) is 17.1. The van der Waals surface area contributed by atoms with Crippen molar-refractivity contribution in [2.75, 3.05) is 31.6 Å². The second-order valence-electron chi connectivity index (χ2n) is 6.20. The molecule has 144 valence electrons. The number of amides is 2. The predicted molar refractivity (Wildman–Crippen MR) is 97.2 cm³/mol. The molecule has 0 aromatic heterocycles. The first-order chi connectivity index (χ1) is 12.3. The van der Waals surface area contributed by atoms with Gasteiger partial charge < -0.3 is 15.0 Å². The monoisotopic (exact) mass is 383 g/mol. The molecule has 1 fully saturated rings. The van der Waals surface area contributed by atoms with Crippen molar-refractivity contribution in [3.63, 3.8) is 0 Å². The first kappa shape index (κ1) is 20.3. The average Bonchev–Trinajstić information content (AvgIpc) is 3.06. The third-order valence-electron chi connectivity index (χ3n) is 4.05. The third-order valence-corrected chi connectivity index (χ3v) is 5.53. The Kier molecular flexibility index (Phi) is 7.13. The van der Waals surface area contributed by atoms with Crippen molar-refractivity contribution < 1.29 is 22.7 Å². The molecule has 1 atom stereocenters. The second kappa shape index (κ2) is 9.11. The topological polar surface area (TPSA) is 105 Å². The van der Waals surface area contributed by atoms with E-state index in [9.17, 15) is 18.0 Å². The minimum atomic E-state index is -3.69. The number of carbonyl (C=O) groups is 2. The highest BCUT2D eigenvalue weighted by atomic mass is 32.2. The van der Waals surface area contributed by atoms with Gasteiger partial charge in [-0.1, -0.05) is 0 Å². The number of benzene rings is 1. The number of ether oxygens (including phenoxy) is 1. The Labute approximate surface area is 153 Å². The van der Waals surface area contributed by atoms with Gasteiger partial charge in [-0.15, -0.1) is 0 Å². The van der Waals surface area contributed by atoms with Crippen molar-refractivity contribution in [3.05, 3.63) is 24.3 Å². The van der Waals surface area contributed by atoms with E-state index in [2.05, 4.69) is 10.0 Å². The van der Waals surface area contributed by atoms with Crippen LogP contribution in [-0.2, 0) is 24.3 Å². The SMILES string of the molecule is CC(=O)Nc1ccc(S(=O)(=O)NCCN(CC2CCCO2)C(C)=O)cc1. The number of hydrogen-bond acceptors (Lipinski definition) is 5. The molecule has 0 bridgehead atoms. The van der Waals surface area contributed by atoms with Crippen LogP contribution in [0, 0.1) is 0 Å². The van der Waals surface area contributed by atoms with E-state index in [0.717, 1.165) is 12.8 Å². The number of anilines is 1. The molecule has 0 spiro atoms. The molecule has 0 aliphatic carbocycles. The van der Waals surface area contributed by atoms with Crippen molar-refractivity contribution in [1.29, 1.82) is 0 Å². The molecule has 26 heavy (non-hydrogen) atoms. The summed E-state index contributed by atoms with van der Waals surface area (Å²) in [5.41, 5.74) is 0.524. The van der Waals surface area contributed by atoms with Crippen molar-refractivity contribution >= 4 is 27.5 Å². The van der Waals surface area contributed by atoms with Gasteiger partial charge in [-0.25, -0.2) is 13.1 Å². The summed E-state index contributed by atoms with van der Waals surface area (Å²) in [7, 11) is -3.69. The molecule has 1 heterocycles. The minimum Gasteiger partial charge on any atom is -0.376 e. The summed E-state index contributed by atoms with van der Waals surface area (Å²) < 4.78 is 32.7. The summed E-state index contributed by atoms with van der Waals surface area (Å²) in [6.45, 7) is 4.41. The Balaban J connectivity index is 1.89. The average molecular weight is 383 g/mol. The number of nitrogens with zero attached hydrogens (tertiary/aromatic N) is 1. The summed E-state index contributed by atoms with van der Waals surface area (Å²) >= 11 is 0. The Bertz CT molecular complexity index is 727. The summed E-state index contributed by atoms with van der Waals surface area (Å²) in [5.74, 6) is -0.339. The van der Waals surface area contributed by atoms with Gasteiger partial charge in [0.1, 0.15) is 0 Å². The van der Waals surface area contributed by atoms with Crippen molar-refractivity contribution in [2.45, 2.75) is 37.7 Å². The molecular weight excluding hydrogens is 358 g/mol. The van der Waals surface area contributed by atoms with Gasteiger partial charge in [0.25, 0.3) is 0 Å². The molecule has 1 saturated heterocycles. The van der Waals surface area contributed by atoms with Crippen LogP contribution in [0.2, 0.25) is 0 Å². The Morgan fingerprint density at radius 1 is 1.23 bits per heavy atom. The summed E-state index contributed by atoms with van der Waals surface area (Å²) in [5, 5.41) is 2.58. The molecule has 2 amide bonds. The molecule has 9 heteroatoms. The van der Waals surface area contributed by atoms with Crippen LogP contribution in [0.15, 0.2) is 29.2 Å². The van der Waals surface area contributed by atoms with Gasteiger partial charge in [0.05, 0.1) is 11.0 Å². The fourth-order valence-electron chi connectivity index (χ4n) is 2.73. The zero-order valence-corrected chi connectivity index (χ0v) is 15.8. The Morgan fingerprint density at radius 3 is 2.46 bits per heavy atom. The first-order valence-electron chi connectivity index (χ1n) is 8.52. The molecule has 1 unspecified atom stereocenters. The minimum absolute atomic E-state index is 0.0248. The molecule has 1 aliphatic rings. The van der Waals surface area contributed by atoms with Gasteiger partial charge in [0.15, 0.2) is 0 Å². The lowest BCUT2D eigenvalue weighted by atomic mass is 10.2. The van der Waals surface area contributed by atoms with E-state index in [4.69, 9.17) is 4.74 Å². The molecule has 0 radical (unpaired) electrons. The largest absolute Gasteiger partial charge is 0.376 e. The number of hydrogen-bond donors (Lipinski definition) is 2. The summed E-state index contributed by atoms with van der Waals surface area (Å²) in [6, 6.07) is 5.88. The fourth-order valence-corrected chi connectivity index (χ4v) is 3.75. The fraction of sp³-hybridized carbons (Fsp3) is 0.529. The lowest BCUT2D eigenvalue weighted by molar-refractivity contribution is -0.130. The lowest BCUT2D eigenvalue weighted by Gasteiger charge is -2.24. The van der Waals surface area contributed by atoms with Crippen LogP contribution in [0.5, 0.6) is 0 Å². The maximum absolute atomic E-state index is 12.3. The Morgan fingerprint density at radius 2 is 1.92 bits per heavy atom. The van der Waals surface area contributed by atoms with E-state index >= 15 is 0 Å². The van der Waals surface area contributed by atoms with Gasteiger partial charge >= 0.3 is 0 Å². The molecule has 1 aromatic rings. The maximum atomic E-state index is 12.3. The van der Waals surface area contributed by atoms with E-state index in [1.165, 1.54) is 38.1 Å². The van der Waals surface area contributed by atoms with Crippen LogP contribution in [-0.4, -0.2) is 57.5 Å². The standard InChI is InChI=1S/C17H25N3O5S/c1-13(21)19-15-5-7-17(8-6-15)26(23,24)18-9-10-20(14(2)22)12-16-4-3-11-25-16/h5-8,16,18H,3-4,9-12H2,1-2H3,(H,19,21). The van der Waals surface area contributed by atoms with E-state index in [0.29, 0.717) is 18.8 Å². The molecule has 2 N–H and O–H groups in total. The van der Waals surface area contributed by atoms with Gasteiger partial charge in [0, 0.05) is 45.8 Å². The Hall–Kier alpha value is -1.97. The molecule has 2 rings (SSSR count). The quantitative estimate of drug-likeness (QED) is 0.695. The zero-order valence-electron chi connectivity index (χ0n) is 15.0. The lowest BCUT2D eigenvalue weighted by Crippen LogP contribution is -2.41. The summed E-state index contributed by atoms with van der Waals surface area (Å²) in [6.07, 6.45) is 1.92. The molecule has 1 aromatic carbocycles. The molecule has 8 nitrogen and oxygen atoms in total. The second-order valence-corrected chi connectivity index (χ2v) is 7.97.